The quantitative estimate of drug-likeness (QED) is 0.791. The van der Waals surface area contributed by atoms with Crippen LogP contribution in [0.2, 0.25) is 0 Å². The van der Waals surface area contributed by atoms with Crippen molar-refractivity contribution in [2.45, 2.75) is 23.7 Å². The van der Waals surface area contributed by atoms with Crippen molar-refractivity contribution in [1.29, 1.82) is 0 Å². The van der Waals surface area contributed by atoms with E-state index in [0.717, 1.165) is 12.0 Å². The maximum Gasteiger partial charge on any atom is 0.446 e. The second-order valence-corrected chi connectivity index (χ2v) is 5.66. The van der Waals surface area contributed by atoms with E-state index in [2.05, 4.69) is 5.32 Å². The third kappa shape index (κ3) is 4.53. The average molecular weight is 325 g/mol. The number of benzene rings is 2. The van der Waals surface area contributed by atoms with E-state index in [1.54, 1.807) is 18.2 Å². The van der Waals surface area contributed by atoms with Gasteiger partial charge in [-0.3, -0.25) is 4.79 Å². The minimum Gasteiger partial charge on any atom is -0.322 e. The molecule has 0 saturated heterocycles. The number of aryl methyl sites for hydroxylation is 1. The Morgan fingerprint density at radius 1 is 1.14 bits per heavy atom. The largest absolute Gasteiger partial charge is 0.446 e. The van der Waals surface area contributed by atoms with Gasteiger partial charge in [-0.2, -0.15) is 13.2 Å². The van der Waals surface area contributed by atoms with E-state index in [4.69, 9.17) is 0 Å². The van der Waals surface area contributed by atoms with E-state index in [9.17, 15) is 18.0 Å². The minimum absolute atomic E-state index is 0.00623. The van der Waals surface area contributed by atoms with Gasteiger partial charge in [0.25, 0.3) is 5.91 Å². The van der Waals surface area contributed by atoms with Gasteiger partial charge < -0.3 is 5.32 Å². The highest BCUT2D eigenvalue weighted by Crippen LogP contribution is 2.38. The molecule has 0 aliphatic rings. The lowest BCUT2D eigenvalue weighted by Crippen LogP contribution is -2.14. The average Bonchev–Trinajstić information content (AvgIpc) is 2.46. The third-order valence-electron chi connectivity index (χ3n) is 2.95. The molecule has 0 aliphatic heterocycles. The molecule has 0 atom stereocenters. The summed E-state index contributed by atoms with van der Waals surface area (Å²) in [5, 5.41) is 2.64. The van der Waals surface area contributed by atoms with Crippen LogP contribution in [0.1, 0.15) is 22.8 Å². The van der Waals surface area contributed by atoms with Crippen LogP contribution in [-0.2, 0) is 6.42 Å². The van der Waals surface area contributed by atoms with Gasteiger partial charge >= 0.3 is 5.51 Å². The second-order valence-electron chi connectivity index (χ2n) is 4.55. The molecule has 0 aliphatic carbocycles. The van der Waals surface area contributed by atoms with Crippen LogP contribution in [-0.4, -0.2) is 11.4 Å². The molecule has 2 aromatic carbocycles. The van der Waals surface area contributed by atoms with E-state index >= 15 is 0 Å². The Kier molecular flexibility index (Phi) is 5.13. The van der Waals surface area contributed by atoms with E-state index in [1.165, 1.54) is 24.3 Å². The van der Waals surface area contributed by atoms with Gasteiger partial charge in [0.15, 0.2) is 0 Å². The molecule has 0 saturated carbocycles. The molecule has 22 heavy (non-hydrogen) atoms. The monoisotopic (exact) mass is 325 g/mol. The van der Waals surface area contributed by atoms with Crippen molar-refractivity contribution in [3.05, 3.63) is 59.7 Å². The number of halogens is 3. The molecule has 0 heterocycles. The Hall–Kier alpha value is -1.95. The van der Waals surface area contributed by atoms with Crippen molar-refractivity contribution in [2.24, 2.45) is 0 Å². The highest BCUT2D eigenvalue weighted by molar-refractivity contribution is 8.00. The first kappa shape index (κ1) is 16.4. The highest BCUT2D eigenvalue weighted by atomic mass is 32.2. The standard InChI is InChI=1S/C16H14F3NOS/c1-2-11-6-5-7-12(10-11)20-15(21)13-8-3-4-9-14(13)22-16(17,18)19/h3-10H,2H2,1H3,(H,20,21). The van der Waals surface area contributed by atoms with Gasteiger partial charge in [0.05, 0.1) is 5.56 Å². The fourth-order valence-corrected chi connectivity index (χ4v) is 2.60. The number of carbonyl (C=O) groups is 1. The SMILES string of the molecule is CCc1cccc(NC(=O)c2ccccc2SC(F)(F)F)c1. The summed E-state index contributed by atoms with van der Waals surface area (Å²) in [5.41, 5.74) is -2.82. The zero-order chi connectivity index (χ0) is 16.2. The fraction of sp³-hybridized carbons (Fsp3) is 0.188. The summed E-state index contributed by atoms with van der Waals surface area (Å²) in [7, 11) is 0. The number of amides is 1. The molecule has 6 heteroatoms. The Balaban J connectivity index is 2.22. The van der Waals surface area contributed by atoms with Crippen LogP contribution >= 0.6 is 11.8 Å². The van der Waals surface area contributed by atoms with E-state index in [1.807, 2.05) is 13.0 Å². The van der Waals surface area contributed by atoms with Crippen molar-refractivity contribution < 1.29 is 18.0 Å². The lowest BCUT2D eigenvalue weighted by atomic mass is 10.1. The predicted octanol–water partition coefficient (Wildman–Crippen LogP) is 5.11. The van der Waals surface area contributed by atoms with Crippen LogP contribution in [0.3, 0.4) is 0 Å². The number of hydrogen-bond acceptors (Lipinski definition) is 2. The molecular formula is C16H14F3NOS. The maximum absolute atomic E-state index is 12.5. The van der Waals surface area contributed by atoms with Crippen LogP contribution in [0.5, 0.6) is 0 Å². The van der Waals surface area contributed by atoms with Crippen LogP contribution in [0, 0.1) is 0 Å². The molecule has 2 nitrogen and oxygen atoms in total. The number of anilines is 1. The van der Waals surface area contributed by atoms with Crippen molar-refractivity contribution in [2.75, 3.05) is 5.32 Å². The van der Waals surface area contributed by atoms with Crippen LogP contribution in [0.4, 0.5) is 18.9 Å². The molecule has 0 radical (unpaired) electrons. The molecule has 1 N–H and O–H groups in total. The molecular weight excluding hydrogens is 311 g/mol. The summed E-state index contributed by atoms with van der Waals surface area (Å²) < 4.78 is 37.6. The summed E-state index contributed by atoms with van der Waals surface area (Å²) in [4.78, 5) is 12.1. The van der Waals surface area contributed by atoms with Gasteiger partial charge in [-0.15, -0.1) is 0 Å². The van der Waals surface area contributed by atoms with Gasteiger partial charge in [0.1, 0.15) is 0 Å². The Labute approximate surface area is 130 Å². The van der Waals surface area contributed by atoms with Gasteiger partial charge in [-0.1, -0.05) is 31.2 Å². The molecule has 1 amide bonds. The number of nitrogens with one attached hydrogen (secondary N) is 1. The number of rotatable bonds is 4. The molecule has 0 fully saturated rings. The fourth-order valence-electron chi connectivity index (χ4n) is 1.94. The molecule has 0 spiro atoms. The maximum atomic E-state index is 12.5. The van der Waals surface area contributed by atoms with Crippen molar-refractivity contribution in [1.82, 2.24) is 0 Å². The van der Waals surface area contributed by atoms with Crippen molar-refractivity contribution >= 4 is 23.4 Å². The highest BCUT2D eigenvalue weighted by Gasteiger charge is 2.31. The lowest BCUT2D eigenvalue weighted by Gasteiger charge is -2.11. The molecule has 0 bridgehead atoms. The molecule has 2 aromatic rings. The van der Waals surface area contributed by atoms with E-state index in [-0.39, 0.29) is 22.2 Å². The molecule has 0 unspecified atom stereocenters. The predicted molar refractivity (Wildman–Crippen MR) is 82.1 cm³/mol. The van der Waals surface area contributed by atoms with Crippen molar-refractivity contribution in [3.63, 3.8) is 0 Å². The normalized spacial score (nSPS) is 11.3. The summed E-state index contributed by atoms with van der Waals surface area (Å²) in [6, 6.07) is 12.9. The molecule has 0 aromatic heterocycles. The Morgan fingerprint density at radius 2 is 1.86 bits per heavy atom. The number of carbonyl (C=O) groups excluding carboxylic acids is 1. The van der Waals surface area contributed by atoms with Crippen LogP contribution in [0.15, 0.2) is 53.4 Å². The minimum atomic E-state index is -4.43. The zero-order valence-corrected chi connectivity index (χ0v) is 12.6. The number of alkyl halides is 3. The smallest absolute Gasteiger partial charge is 0.322 e. The van der Waals surface area contributed by atoms with Crippen molar-refractivity contribution in [3.8, 4) is 0 Å². The van der Waals surface area contributed by atoms with E-state index in [0.29, 0.717) is 5.69 Å². The summed E-state index contributed by atoms with van der Waals surface area (Å²) in [6.45, 7) is 1.98. The topological polar surface area (TPSA) is 29.1 Å². The first-order chi connectivity index (χ1) is 10.4. The second kappa shape index (κ2) is 6.87. The van der Waals surface area contributed by atoms with Gasteiger partial charge in [0.2, 0.25) is 0 Å². The van der Waals surface area contributed by atoms with Crippen LogP contribution in [0.25, 0.3) is 0 Å². The Bertz CT molecular complexity index is 670. The summed E-state index contributed by atoms with van der Waals surface area (Å²) >= 11 is -0.287. The van der Waals surface area contributed by atoms with Crippen LogP contribution < -0.4 is 5.32 Å². The number of hydrogen-bond donors (Lipinski definition) is 1. The first-order valence-electron chi connectivity index (χ1n) is 6.64. The lowest BCUT2D eigenvalue weighted by molar-refractivity contribution is -0.0328. The zero-order valence-electron chi connectivity index (χ0n) is 11.8. The van der Waals surface area contributed by atoms with Gasteiger partial charge in [-0.05, 0) is 48.0 Å². The number of thioether (sulfide) groups is 1. The summed E-state index contributed by atoms with van der Waals surface area (Å²) in [6.07, 6.45) is 0.810. The Morgan fingerprint density at radius 3 is 2.55 bits per heavy atom. The van der Waals surface area contributed by atoms with Gasteiger partial charge in [0, 0.05) is 10.6 Å². The molecule has 116 valence electrons. The third-order valence-corrected chi connectivity index (χ3v) is 3.76. The molecule has 2 rings (SSSR count). The van der Waals surface area contributed by atoms with Gasteiger partial charge in [-0.25, -0.2) is 0 Å². The summed E-state index contributed by atoms with van der Waals surface area (Å²) in [5.74, 6) is -0.555. The first-order valence-corrected chi connectivity index (χ1v) is 7.46. The van der Waals surface area contributed by atoms with E-state index < -0.39 is 11.4 Å².